The Morgan fingerprint density at radius 3 is 2.55 bits per heavy atom. The van der Waals surface area contributed by atoms with E-state index in [9.17, 15) is 4.79 Å². The topological polar surface area (TPSA) is 29.5 Å². The zero-order valence-corrected chi connectivity index (χ0v) is 7.89. The largest absolute Gasteiger partial charge is 0.383 e. The van der Waals surface area contributed by atoms with Gasteiger partial charge >= 0.3 is 5.37 Å². The maximum atomic E-state index is 10.7. The molecule has 0 aromatic heterocycles. The van der Waals surface area contributed by atoms with Crippen LogP contribution in [0.25, 0.3) is 0 Å². The van der Waals surface area contributed by atoms with Crippen molar-refractivity contribution in [3.8, 4) is 0 Å². The zero-order valence-electron chi connectivity index (χ0n) is 7.13. The van der Waals surface area contributed by atoms with Crippen LogP contribution >= 0.6 is 11.6 Å². The molecule has 0 fully saturated rings. The summed E-state index contributed by atoms with van der Waals surface area (Å²) in [6.45, 7) is 4.92. The Labute approximate surface area is 72.3 Å². The number of likely N-dealkylation sites (N-methyl/N-ethyl adjacent to an activating group) is 1. The van der Waals surface area contributed by atoms with Gasteiger partial charge in [-0.05, 0) is 25.4 Å². The minimum Gasteiger partial charge on any atom is -0.383 e. The standard InChI is InChI=1S/C7H14ClNO2/c1-4-9(7(8)10)6(2)5-11-3/h6H,4-5H2,1-3H3. The van der Waals surface area contributed by atoms with E-state index in [2.05, 4.69) is 0 Å². The van der Waals surface area contributed by atoms with Crippen LogP contribution in [0.15, 0.2) is 0 Å². The molecular weight excluding hydrogens is 166 g/mol. The Kier molecular flexibility index (Phi) is 5.24. The van der Waals surface area contributed by atoms with Gasteiger partial charge in [-0.2, -0.15) is 0 Å². The summed E-state index contributed by atoms with van der Waals surface area (Å²) in [4.78, 5) is 12.3. The summed E-state index contributed by atoms with van der Waals surface area (Å²) in [7, 11) is 1.60. The lowest BCUT2D eigenvalue weighted by Crippen LogP contribution is -2.37. The molecule has 0 N–H and O–H groups in total. The Balaban J connectivity index is 3.91. The zero-order chi connectivity index (χ0) is 8.85. The predicted molar refractivity (Wildman–Crippen MR) is 45.0 cm³/mol. The SMILES string of the molecule is CCN(C(=O)Cl)C(C)COC. The van der Waals surface area contributed by atoms with Crippen molar-refractivity contribution in [3.63, 3.8) is 0 Å². The first-order valence-corrected chi connectivity index (χ1v) is 3.96. The van der Waals surface area contributed by atoms with Crippen LogP contribution in [0.3, 0.4) is 0 Å². The van der Waals surface area contributed by atoms with Crippen LogP contribution in [-0.2, 0) is 4.74 Å². The fourth-order valence-electron chi connectivity index (χ4n) is 0.940. The molecule has 0 spiro atoms. The fourth-order valence-corrected chi connectivity index (χ4v) is 1.23. The van der Waals surface area contributed by atoms with Crippen LogP contribution < -0.4 is 0 Å². The van der Waals surface area contributed by atoms with Crippen molar-refractivity contribution in [1.82, 2.24) is 4.90 Å². The van der Waals surface area contributed by atoms with E-state index in [4.69, 9.17) is 16.3 Å². The lowest BCUT2D eigenvalue weighted by molar-refractivity contribution is 0.123. The summed E-state index contributed by atoms with van der Waals surface area (Å²) in [6.07, 6.45) is 0. The Morgan fingerprint density at radius 2 is 2.27 bits per heavy atom. The number of methoxy groups -OCH3 is 1. The first-order valence-electron chi connectivity index (χ1n) is 3.58. The quantitative estimate of drug-likeness (QED) is 0.486. The van der Waals surface area contributed by atoms with Gasteiger partial charge in [0.25, 0.3) is 0 Å². The van der Waals surface area contributed by atoms with Gasteiger partial charge in [-0.25, -0.2) is 0 Å². The number of carbonyl (C=O) groups is 1. The normalized spacial score (nSPS) is 12.7. The smallest absolute Gasteiger partial charge is 0.316 e. The van der Waals surface area contributed by atoms with Crippen molar-refractivity contribution in [2.24, 2.45) is 0 Å². The van der Waals surface area contributed by atoms with Gasteiger partial charge in [0.05, 0.1) is 12.6 Å². The van der Waals surface area contributed by atoms with E-state index in [1.54, 1.807) is 12.0 Å². The molecule has 11 heavy (non-hydrogen) atoms. The first-order chi connectivity index (χ1) is 5.13. The van der Waals surface area contributed by atoms with Gasteiger partial charge in [-0.3, -0.25) is 4.79 Å². The van der Waals surface area contributed by atoms with Gasteiger partial charge in [-0.15, -0.1) is 0 Å². The van der Waals surface area contributed by atoms with E-state index in [-0.39, 0.29) is 6.04 Å². The molecule has 0 radical (unpaired) electrons. The molecule has 1 amide bonds. The van der Waals surface area contributed by atoms with Crippen molar-refractivity contribution >= 4 is 17.0 Å². The van der Waals surface area contributed by atoms with Crippen molar-refractivity contribution in [2.75, 3.05) is 20.3 Å². The summed E-state index contributed by atoms with van der Waals surface area (Å²) in [5.74, 6) is 0. The molecule has 66 valence electrons. The molecule has 0 aliphatic rings. The number of carbonyl (C=O) groups excluding carboxylic acids is 1. The van der Waals surface area contributed by atoms with E-state index in [1.807, 2.05) is 13.8 Å². The molecule has 0 aromatic carbocycles. The van der Waals surface area contributed by atoms with Gasteiger partial charge in [0.1, 0.15) is 0 Å². The highest BCUT2D eigenvalue weighted by Crippen LogP contribution is 2.03. The average molecular weight is 180 g/mol. The van der Waals surface area contributed by atoms with Crippen LogP contribution in [0, 0.1) is 0 Å². The van der Waals surface area contributed by atoms with Crippen molar-refractivity contribution in [3.05, 3.63) is 0 Å². The van der Waals surface area contributed by atoms with E-state index in [1.165, 1.54) is 0 Å². The third-order valence-electron chi connectivity index (χ3n) is 1.51. The number of ether oxygens (including phenoxy) is 1. The maximum Gasteiger partial charge on any atom is 0.316 e. The summed E-state index contributed by atoms with van der Waals surface area (Å²) in [6, 6.07) is 0.0509. The number of halogens is 1. The molecule has 0 aromatic rings. The first kappa shape index (κ1) is 10.7. The van der Waals surface area contributed by atoms with Crippen LogP contribution in [-0.4, -0.2) is 36.6 Å². The highest BCUT2D eigenvalue weighted by Gasteiger charge is 2.15. The lowest BCUT2D eigenvalue weighted by atomic mass is 10.3. The average Bonchev–Trinajstić information content (AvgIpc) is 1.88. The van der Waals surface area contributed by atoms with Crippen molar-refractivity contribution in [2.45, 2.75) is 19.9 Å². The molecule has 0 bridgehead atoms. The summed E-state index contributed by atoms with van der Waals surface area (Å²) in [5, 5.41) is -0.419. The van der Waals surface area contributed by atoms with Crippen LogP contribution in [0.5, 0.6) is 0 Å². The maximum absolute atomic E-state index is 10.7. The van der Waals surface area contributed by atoms with Crippen LogP contribution in [0.1, 0.15) is 13.8 Å². The van der Waals surface area contributed by atoms with Crippen LogP contribution in [0.2, 0.25) is 0 Å². The van der Waals surface area contributed by atoms with Gasteiger partial charge in [-0.1, -0.05) is 0 Å². The van der Waals surface area contributed by atoms with E-state index >= 15 is 0 Å². The number of hydrogen-bond donors (Lipinski definition) is 0. The predicted octanol–water partition coefficient (Wildman–Crippen LogP) is 1.70. The highest BCUT2D eigenvalue weighted by atomic mass is 35.5. The second-order valence-electron chi connectivity index (χ2n) is 2.34. The second-order valence-corrected chi connectivity index (χ2v) is 2.67. The monoisotopic (exact) mass is 179 g/mol. The number of rotatable bonds is 4. The lowest BCUT2D eigenvalue weighted by Gasteiger charge is -2.24. The minimum absolute atomic E-state index is 0.0509. The van der Waals surface area contributed by atoms with Crippen LogP contribution in [0.4, 0.5) is 4.79 Å². The molecule has 1 atom stereocenters. The molecule has 3 nitrogen and oxygen atoms in total. The third-order valence-corrected chi connectivity index (χ3v) is 1.72. The minimum atomic E-state index is -0.419. The fraction of sp³-hybridized carbons (Fsp3) is 0.857. The Hall–Kier alpha value is -0.280. The second kappa shape index (κ2) is 5.38. The highest BCUT2D eigenvalue weighted by molar-refractivity contribution is 6.62. The Bertz CT molecular complexity index is 130. The summed E-state index contributed by atoms with van der Waals surface area (Å²) >= 11 is 5.31. The van der Waals surface area contributed by atoms with Crippen molar-refractivity contribution < 1.29 is 9.53 Å². The molecular formula is C7H14ClNO2. The Morgan fingerprint density at radius 1 is 1.73 bits per heavy atom. The molecule has 4 heteroatoms. The van der Waals surface area contributed by atoms with Crippen molar-refractivity contribution in [1.29, 1.82) is 0 Å². The van der Waals surface area contributed by atoms with E-state index in [0.29, 0.717) is 13.2 Å². The molecule has 0 heterocycles. The summed E-state index contributed by atoms with van der Waals surface area (Å²) < 4.78 is 4.88. The molecule has 0 aliphatic carbocycles. The number of nitrogens with zero attached hydrogens (tertiary/aromatic N) is 1. The molecule has 0 aliphatic heterocycles. The molecule has 0 saturated carbocycles. The summed E-state index contributed by atoms with van der Waals surface area (Å²) in [5.41, 5.74) is 0. The molecule has 1 unspecified atom stereocenters. The van der Waals surface area contributed by atoms with E-state index < -0.39 is 5.37 Å². The number of hydrogen-bond acceptors (Lipinski definition) is 2. The van der Waals surface area contributed by atoms with Gasteiger partial charge in [0, 0.05) is 13.7 Å². The van der Waals surface area contributed by atoms with E-state index in [0.717, 1.165) is 0 Å². The third kappa shape index (κ3) is 3.58. The van der Waals surface area contributed by atoms with Gasteiger partial charge < -0.3 is 9.64 Å². The van der Waals surface area contributed by atoms with Gasteiger partial charge in [0.15, 0.2) is 0 Å². The van der Waals surface area contributed by atoms with Gasteiger partial charge in [0.2, 0.25) is 0 Å². The molecule has 0 rings (SSSR count). The number of amides is 1. The molecule has 0 saturated heterocycles.